The molecule has 0 radical (unpaired) electrons. The summed E-state index contributed by atoms with van der Waals surface area (Å²) in [6, 6.07) is 96.6. The van der Waals surface area contributed by atoms with Crippen LogP contribution in [0.1, 0.15) is 23.5 Å². The second-order valence-corrected chi connectivity index (χ2v) is 19.6. The Morgan fingerprint density at radius 1 is 0.333 bits per heavy atom. The van der Waals surface area contributed by atoms with Crippen molar-refractivity contribution in [2.45, 2.75) is 12.3 Å². The Labute approximate surface area is 433 Å². The lowest BCUT2D eigenvalue weighted by Crippen LogP contribution is -2.47. The summed E-state index contributed by atoms with van der Waals surface area (Å²) in [7, 11) is 0. The van der Waals surface area contributed by atoms with Crippen LogP contribution >= 0.6 is 0 Å². The summed E-state index contributed by atoms with van der Waals surface area (Å²) in [6.45, 7) is 0. The number of rotatable bonds is 7. The highest BCUT2D eigenvalue weighted by Crippen LogP contribution is 2.47. The van der Waals surface area contributed by atoms with Gasteiger partial charge in [0, 0.05) is 43.6 Å². The van der Waals surface area contributed by atoms with E-state index in [1.807, 2.05) is 0 Å². The highest BCUT2D eigenvalue weighted by molar-refractivity contribution is 6.27. The molecule has 2 unspecified atom stereocenters. The zero-order valence-electron chi connectivity index (χ0n) is 40.8. The molecule has 0 amide bonds. The fraction of sp³-hybridized carbons (Fsp3) is 0.0290. The molecule has 15 rings (SSSR count). The van der Waals surface area contributed by atoms with Gasteiger partial charge in [0.2, 0.25) is 5.96 Å². The highest BCUT2D eigenvalue weighted by atomic mass is 15.4. The van der Waals surface area contributed by atoms with E-state index < -0.39 is 6.17 Å². The second-order valence-electron chi connectivity index (χ2n) is 19.6. The van der Waals surface area contributed by atoms with E-state index in [4.69, 9.17) is 4.99 Å². The molecule has 3 aromatic heterocycles. The normalized spacial score (nSPS) is 14.8. The summed E-state index contributed by atoms with van der Waals surface area (Å²) in [4.78, 5) is 5.77. The zero-order valence-corrected chi connectivity index (χ0v) is 40.8. The fourth-order valence-electron chi connectivity index (χ4n) is 11.9. The van der Waals surface area contributed by atoms with E-state index in [1.54, 1.807) is 0 Å². The van der Waals surface area contributed by atoms with Crippen molar-refractivity contribution < 1.29 is 0 Å². The SMILES string of the molecule is c1ccc(-c2ccc(C3NC(n4c5ccccc5c5ccc6c7ccccc7n(-c7c(-c8ccccc8)ccc8c7c7ccccc7n8-c7ccccc7)c6c54)=NC(c4cccc(-c5ccccc5)c4)N3)cc2)cc1. The van der Waals surface area contributed by atoms with Gasteiger partial charge in [-0.1, -0.05) is 224 Å². The van der Waals surface area contributed by atoms with Gasteiger partial charge in [0.15, 0.2) is 0 Å². The number of aromatic nitrogens is 3. The smallest absolute Gasteiger partial charge is 0.206 e. The van der Waals surface area contributed by atoms with Crippen LogP contribution in [0.5, 0.6) is 0 Å². The van der Waals surface area contributed by atoms with Crippen LogP contribution in [0.15, 0.2) is 272 Å². The minimum absolute atomic E-state index is 0.295. The first-order valence-corrected chi connectivity index (χ1v) is 25.8. The first-order chi connectivity index (χ1) is 37.2. The molecule has 1 aliphatic heterocycles. The summed E-state index contributed by atoms with van der Waals surface area (Å²) >= 11 is 0. The third kappa shape index (κ3) is 6.95. The first kappa shape index (κ1) is 42.9. The monoisotopic (exact) mass is 960 g/mol. The quantitative estimate of drug-likeness (QED) is 0.167. The molecule has 6 nitrogen and oxygen atoms in total. The van der Waals surface area contributed by atoms with Crippen LogP contribution in [-0.2, 0) is 0 Å². The van der Waals surface area contributed by atoms with Crippen molar-refractivity contribution in [3.8, 4) is 44.8 Å². The summed E-state index contributed by atoms with van der Waals surface area (Å²) in [5, 5.41) is 15.0. The number of nitrogens with zero attached hydrogens (tertiary/aromatic N) is 4. The number of fused-ring (bicyclic) bond motifs is 10. The van der Waals surface area contributed by atoms with E-state index in [0.29, 0.717) is 0 Å². The van der Waals surface area contributed by atoms with E-state index >= 15 is 0 Å². The van der Waals surface area contributed by atoms with Crippen molar-refractivity contribution in [3.63, 3.8) is 0 Å². The van der Waals surface area contributed by atoms with Gasteiger partial charge in [-0.05, 0) is 81.4 Å². The summed E-state index contributed by atoms with van der Waals surface area (Å²) in [5.74, 6) is 0.763. The van der Waals surface area contributed by atoms with Gasteiger partial charge in [0.05, 0.1) is 38.8 Å². The number of hydrogen-bond donors (Lipinski definition) is 2. The van der Waals surface area contributed by atoms with Crippen LogP contribution < -0.4 is 10.6 Å². The fourth-order valence-corrected chi connectivity index (χ4v) is 11.9. The molecule has 0 saturated heterocycles. The van der Waals surface area contributed by atoms with E-state index in [-0.39, 0.29) is 6.17 Å². The topological polar surface area (TPSA) is 51.2 Å². The molecule has 2 atom stereocenters. The van der Waals surface area contributed by atoms with E-state index in [9.17, 15) is 0 Å². The maximum absolute atomic E-state index is 5.77. The zero-order chi connectivity index (χ0) is 49.4. The molecule has 11 aromatic carbocycles. The lowest BCUT2D eigenvalue weighted by molar-refractivity contribution is 0.403. The van der Waals surface area contributed by atoms with Crippen molar-refractivity contribution in [1.29, 1.82) is 0 Å². The molecule has 0 bridgehead atoms. The van der Waals surface area contributed by atoms with Crippen LogP contribution in [0.4, 0.5) is 0 Å². The third-order valence-electron chi connectivity index (χ3n) is 15.3. The van der Waals surface area contributed by atoms with Crippen LogP contribution in [0.25, 0.3) is 110 Å². The molecular formula is C69H48N6. The lowest BCUT2D eigenvalue weighted by Gasteiger charge is -2.33. The maximum atomic E-state index is 5.77. The van der Waals surface area contributed by atoms with Gasteiger partial charge in [-0.2, -0.15) is 0 Å². The van der Waals surface area contributed by atoms with E-state index in [1.165, 1.54) is 38.2 Å². The Kier molecular flexibility index (Phi) is 10.00. The predicted molar refractivity (Wildman–Crippen MR) is 312 cm³/mol. The Morgan fingerprint density at radius 3 is 1.49 bits per heavy atom. The minimum Gasteiger partial charge on any atom is -0.336 e. The van der Waals surface area contributed by atoms with Crippen molar-refractivity contribution in [2.24, 2.45) is 4.99 Å². The molecule has 354 valence electrons. The van der Waals surface area contributed by atoms with Crippen molar-refractivity contribution >= 4 is 71.4 Å². The predicted octanol–water partition coefficient (Wildman–Crippen LogP) is 16.8. The number of benzene rings is 11. The second kappa shape index (κ2) is 17.5. The molecule has 0 fully saturated rings. The van der Waals surface area contributed by atoms with E-state index in [2.05, 4.69) is 291 Å². The summed E-state index contributed by atoms with van der Waals surface area (Å²) < 4.78 is 7.42. The number of para-hydroxylation sites is 4. The summed E-state index contributed by atoms with van der Waals surface area (Å²) in [5.41, 5.74) is 18.1. The standard InChI is InChI=1S/C69H48N6/c1-5-20-45(21-6-1)47-36-38-49(39-37-47)67-70-68(51-27-19-26-50(44-51)46-22-7-2-8-23-46)72-69(71-67)75-60-34-17-14-31-55(60)57-41-40-56-54-30-13-16-33-59(54)74(65(56)66(57)75)64-53(48-24-9-3-10-25-48)42-43-62-63(64)58-32-15-18-35-61(58)73(62)52-28-11-4-12-29-52/h1-44,67-68,70H,(H,71,72). The van der Waals surface area contributed by atoms with Crippen LogP contribution in [-0.4, -0.2) is 19.7 Å². The van der Waals surface area contributed by atoms with Gasteiger partial charge >= 0.3 is 0 Å². The molecule has 4 heterocycles. The Morgan fingerprint density at radius 2 is 0.840 bits per heavy atom. The van der Waals surface area contributed by atoms with Crippen LogP contribution in [0, 0.1) is 0 Å². The molecule has 0 saturated carbocycles. The van der Waals surface area contributed by atoms with Crippen molar-refractivity contribution in [3.05, 3.63) is 278 Å². The maximum Gasteiger partial charge on any atom is 0.206 e. The Bertz CT molecular complexity index is 4510. The molecule has 1 aliphatic rings. The average Bonchev–Trinajstić information content (AvgIpc) is 4.16. The number of aliphatic imine (C=N–C) groups is 1. The van der Waals surface area contributed by atoms with Gasteiger partial charge < -0.3 is 14.5 Å². The van der Waals surface area contributed by atoms with Gasteiger partial charge in [-0.15, -0.1) is 0 Å². The first-order valence-electron chi connectivity index (χ1n) is 25.8. The minimum atomic E-state index is -0.396. The Hall–Kier alpha value is -9.75. The largest absolute Gasteiger partial charge is 0.336 e. The molecule has 6 heteroatoms. The Balaban J connectivity index is 1.04. The molecular weight excluding hydrogens is 913 g/mol. The number of hydrogen-bond acceptors (Lipinski definition) is 3. The van der Waals surface area contributed by atoms with Gasteiger partial charge in [0.1, 0.15) is 12.3 Å². The van der Waals surface area contributed by atoms with Gasteiger partial charge in [-0.3, -0.25) is 9.88 Å². The number of nitrogens with one attached hydrogen (secondary N) is 2. The molecule has 2 N–H and O–H groups in total. The summed E-state index contributed by atoms with van der Waals surface area (Å²) in [6.07, 6.45) is -0.691. The third-order valence-corrected chi connectivity index (χ3v) is 15.3. The molecule has 14 aromatic rings. The van der Waals surface area contributed by atoms with E-state index in [0.717, 1.165) is 89.0 Å². The highest BCUT2D eigenvalue weighted by Gasteiger charge is 2.31. The lowest BCUT2D eigenvalue weighted by atomic mass is 9.99. The van der Waals surface area contributed by atoms with Crippen LogP contribution in [0.2, 0.25) is 0 Å². The van der Waals surface area contributed by atoms with Crippen molar-refractivity contribution in [2.75, 3.05) is 0 Å². The molecule has 0 aliphatic carbocycles. The van der Waals surface area contributed by atoms with Crippen LogP contribution in [0.3, 0.4) is 0 Å². The van der Waals surface area contributed by atoms with Crippen molar-refractivity contribution in [1.82, 2.24) is 24.3 Å². The molecule has 0 spiro atoms. The average molecular weight is 961 g/mol. The molecule has 75 heavy (non-hydrogen) atoms. The van der Waals surface area contributed by atoms with Gasteiger partial charge in [0.25, 0.3) is 0 Å². The van der Waals surface area contributed by atoms with Gasteiger partial charge in [-0.25, -0.2) is 4.99 Å².